The van der Waals surface area contributed by atoms with Crippen LogP contribution in [0.4, 0.5) is 0 Å². The highest BCUT2D eigenvalue weighted by atomic mass is 32.2. The Hall–Kier alpha value is -1.49. The van der Waals surface area contributed by atoms with Gasteiger partial charge in [0.1, 0.15) is 11.7 Å². The molecule has 1 aromatic rings. The van der Waals surface area contributed by atoms with Crippen LogP contribution in [0.15, 0.2) is 30.3 Å². The van der Waals surface area contributed by atoms with Gasteiger partial charge >= 0.3 is 11.9 Å². The summed E-state index contributed by atoms with van der Waals surface area (Å²) in [4.78, 5) is 24.4. The fourth-order valence-electron chi connectivity index (χ4n) is 2.47. The molecule has 0 bridgehead atoms. The number of thioether (sulfide) groups is 1. The lowest BCUT2D eigenvalue weighted by molar-refractivity contribution is -0.163. The minimum absolute atomic E-state index is 0.0240. The summed E-state index contributed by atoms with van der Waals surface area (Å²) in [6.07, 6.45) is -0.269. The van der Waals surface area contributed by atoms with Gasteiger partial charge in [-0.2, -0.15) is 0 Å². The molecule has 146 valence electrons. The predicted molar refractivity (Wildman–Crippen MR) is 107 cm³/mol. The lowest BCUT2D eigenvalue weighted by atomic mass is 10.1. The Kier molecular flexibility index (Phi) is 8.68. The molecule has 0 N–H and O–H groups in total. The van der Waals surface area contributed by atoms with Crippen molar-refractivity contribution in [1.29, 1.82) is 0 Å². The lowest BCUT2D eigenvalue weighted by Crippen LogP contribution is -2.29. The maximum atomic E-state index is 12.4. The number of ether oxygens (including phenoxy) is 2. The van der Waals surface area contributed by atoms with Crippen molar-refractivity contribution in [3.63, 3.8) is 0 Å². The van der Waals surface area contributed by atoms with E-state index in [1.54, 1.807) is 18.7 Å². The van der Waals surface area contributed by atoms with Gasteiger partial charge in [-0.05, 0) is 38.5 Å². The third-order valence-corrected chi connectivity index (χ3v) is 5.06. The molecular weight excluding hydrogens is 348 g/mol. The topological polar surface area (TPSA) is 52.6 Å². The van der Waals surface area contributed by atoms with E-state index in [1.807, 2.05) is 45.9 Å². The molecule has 0 aliphatic carbocycles. The second kappa shape index (κ2) is 10.0. The molecule has 26 heavy (non-hydrogen) atoms. The first-order valence-electron chi connectivity index (χ1n) is 9.12. The van der Waals surface area contributed by atoms with E-state index in [0.29, 0.717) is 5.25 Å². The van der Waals surface area contributed by atoms with Gasteiger partial charge in [-0.25, -0.2) is 0 Å². The third kappa shape index (κ3) is 8.26. The largest absolute Gasteiger partial charge is 0.461 e. The van der Waals surface area contributed by atoms with Crippen LogP contribution in [0.5, 0.6) is 0 Å². The average Bonchev–Trinajstić information content (AvgIpc) is 2.51. The smallest absolute Gasteiger partial charge is 0.309 e. The van der Waals surface area contributed by atoms with Gasteiger partial charge in [-0.15, -0.1) is 11.8 Å². The van der Waals surface area contributed by atoms with Crippen LogP contribution in [0.3, 0.4) is 0 Å². The number of carbonyl (C=O) groups excluding carboxylic acids is 2. The molecule has 0 fully saturated rings. The Morgan fingerprint density at radius 2 is 1.62 bits per heavy atom. The summed E-state index contributed by atoms with van der Waals surface area (Å²) in [5.41, 5.74) is 0.576. The Bertz CT molecular complexity index is 577. The normalized spacial score (nSPS) is 15.2. The van der Waals surface area contributed by atoms with Gasteiger partial charge in [0.05, 0.1) is 17.6 Å². The summed E-state index contributed by atoms with van der Waals surface area (Å²) >= 11 is 1.77. The van der Waals surface area contributed by atoms with Gasteiger partial charge in [0.25, 0.3) is 0 Å². The van der Waals surface area contributed by atoms with E-state index in [1.165, 1.54) is 0 Å². The van der Waals surface area contributed by atoms with Gasteiger partial charge in [0.2, 0.25) is 0 Å². The fourth-order valence-corrected chi connectivity index (χ4v) is 3.65. The molecule has 0 heterocycles. The Morgan fingerprint density at radius 1 is 1.04 bits per heavy atom. The van der Waals surface area contributed by atoms with Gasteiger partial charge in [-0.1, -0.05) is 51.1 Å². The van der Waals surface area contributed by atoms with Crippen LogP contribution >= 0.6 is 11.8 Å². The zero-order chi connectivity index (χ0) is 19.9. The lowest BCUT2D eigenvalue weighted by Gasteiger charge is -2.27. The number of carbonyl (C=O) groups is 2. The van der Waals surface area contributed by atoms with Crippen LogP contribution in [0, 0.1) is 5.92 Å². The fraction of sp³-hybridized carbons (Fsp3) is 0.619. The molecule has 0 saturated carbocycles. The van der Waals surface area contributed by atoms with Crippen LogP contribution in [-0.4, -0.2) is 28.9 Å². The summed E-state index contributed by atoms with van der Waals surface area (Å²) in [6, 6.07) is 10.1. The van der Waals surface area contributed by atoms with Crippen LogP contribution in [0.25, 0.3) is 0 Å². The summed E-state index contributed by atoms with van der Waals surface area (Å²) < 4.78 is 11.0. The minimum Gasteiger partial charge on any atom is -0.461 e. The maximum absolute atomic E-state index is 12.4. The summed E-state index contributed by atoms with van der Waals surface area (Å²) in [5, 5.41) is 0.453. The zero-order valence-electron chi connectivity index (χ0n) is 16.9. The van der Waals surface area contributed by atoms with Crippen molar-refractivity contribution in [3.05, 3.63) is 35.9 Å². The second-order valence-electron chi connectivity index (χ2n) is 7.85. The molecule has 0 radical (unpaired) electrons. The van der Waals surface area contributed by atoms with Gasteiger partial charge in [0, 0.05) is 0 Å². The molecule has 3 atom stereocenters. The standard InChI is InChI=1S/C21H32O4S/c1-14(2)26-19(17-11-9-8-10-12-17)16(4)24-20(23)15(3)13-18(22)25-21(5,6)7/h8-12,14-16,19H,13H2,1-7H3/t15-,16+,19+/m1/s1. The van der Waals surface area contributed by atoms with Crippen molar-refractivity contribution in [3.8, 4) is 0 Å². The van der Waals surface area contributed by atoms with E-state index in [9.17, 15) is 9.59 Å². The van der Waals surface area contributed by atoms with E-state index in [4.69, 9.17) is 9.47 Å². The molecule has 0 saturated heterocycles. The van der Waals surface area contributed by atoms with Crippen LogP contribution in [0.2, 0.25) is 0 Å². The highest BCUT2D eigenvalue weighted by molar-refractivity contribution is 8.00. The number of esters is 2. The maximum Gasteiger partial charge on any atom is 0.309 e. The molecule has 0 spiro atoms. The minimum atomic E-state index is -0.555. The van der Waals surface area contributed by atoms with Crippen LogP contribution < -0.4 is 0 Å². The van der Waals surface area contributed by atoms with Crippen molar-refractivity contribution in [1.82, 2.24) is 0 Å². The SMILES string of the molecule is CC(C)S[C@H](c1ccccc1)[C@H](C)OC(=O)[C@H](C)CC(=O)OC(C)(C)C. The quantitative estimate of drug-likeness (QED) is 0.582. The first-order chi connectivity index (χ1) is 12.0. The van der Waals surface area contributed by atoms with Crippen molar-refractivity contribution >= 4 is 23.7 Å². The molecule has 0 aliphatic heterocycles. The van der Waals surface area contributed by atoms with E-state index in [0.717, 1.165) is 5.56 Å². The van der Waals surface area contributed by atoms with Gasteiger partial charge in [0.15, 0.2) is 0 Å². The third-order valence-electron chi connectivity index (χ3n) is 3.57. The van der Waals surface area contributed by atoms with Crippen LogP contribution in [0.1, 0.15) is 65.7 Å². The number of rotatable bonds is 8. The number of hydrogen-bond acceptors (Lipinski definition) is 5. The monoisotopic (exact) mass is 380 g/mol. The summed E-state index contributed by atoms with van der Waals surface area (Å²) in [5.74, 6) is -1.29. The molecule has 0 amide bonds. The van der Waals surface area contributed by atoms with Crippen molar-refractivity contribution in [2.75, 3.05) is 0 Å². The molecule has 5 heteroatoms. The summed E-state index contributed by atoms with van der Waals surface area (Å²) in [6.45, 7) is 13.3. The Balaban J connectivity index is 2.71. The Labute approximate surface area is 162 Å². The molecular formula is C21H32O4S. The van der Waals surface area contributed by atoms with E-state index >= 15 is 0 Å². The van der Waals surface area contributed by atoms with Gasteiger partial charge < -0.3 is 9.47 Å². The van der Waals surface area contributed by atoms with Crippen LogP contribution in [-0.2, 0) is 19.1 Å². The molecule has 0 aromatic heterocycles. The van der Waals surface area contributed by atoms with Crippen molar-refractivity contribution in [2.24, 2.45) is 5.92 Å². The average molecular weight is 381 g/mol. The first kappa shape index (κ1) is 22.6. The van der Waals surface area contributed by atoms with Crippen molar-refractivity contribution < 1.29 is 19.1 Å². The zero-order valence-corrected chi connectivity index (χ0v) is 17.8. The highest BCUT2D eigenvalue weighted by Crippen LogP contribution is 2.36. The molecule has 0 unspecified atom stereocenters. The Morgan fingerprint density at radius 3 is 2.12 bits per heavy atom. The van der Waals surface area contributed by atoms with Crippen molar-refractivity contribution in [2.45, 2.75) is 77.1 Å². The highest BCUT2D eigenvalue weighted by Gasteiger charge is 2.28. The summed E-state index contributed by atoms with van der Waals surface area (Å²) in [7, 11) is 0. The van der Waals surface area contributed by atoms with E-state index in [-0.39, 0.29) is 29.7 Å². The van der Waals surface area contributed by atoms with E-state index in [2.05, 4.69) is 26.0 Å². The molecule has 1 aromatic carbocycles. The van der Waals surface area contributed by atoms with Gasteiger partial charge in [-0.3, -0.25) is 9.59 Å². The molecule has 1 rings (SSSR count). The second-order valence-corrected chi connectivity index (χ2v) is 9.57. The number of hydrogen-bond donors (Lipinski definition) is 0. The molecule has 4 nitrogen and oxygen atoms in total. The molecule has 0 aliphatic rings. The predicted octanol–water partition coefficient (Wildman–Crippen LogP) is 5.17. The first-order valence-corrected chi connectivity index (χ1v) is 10.1. The van der Waals surface area contributed by atoms with E-state index < -0.39 is 11.5 Å². The number of benzene rings is 1.